The number of nitrogens with one attached hydrogen (secondary N) is 1. The summed E-state index contributed by atoms with van der Waals surface area (Å²) in [7, 11) is 1.74. The molecule has 4 unspecified atom stereocenters. The fourth-order valence-corrected chi connectivity index (χ4v) is 4.36. The van der Waals surface area contributed by atoms with Crippen LogP contribution in [0.2, 0.25) is 0 Å². The van der Waals surface area contributed by atoms with Gasteiger partial charge >= 0.3 is 5.97 Å². The number of rotatable bonds is 10. The smallest absolute Gasteiger partial charge is 0.333 e. The molecule has 190 valence electrons. The molecule has 1 saturated heterocycles. The lowest BCUT2D eigenvalue weighted by Gasteiger charge is -2.41. The molecule has 2 amide bonds. The third kappa shape index (κ3) is 8.13. The van der Waals surface area contributed by atoms with Crippen LogP contribution < -0.4 is 5.32 Å². The number of amides is 2. The number of hydrogen-bond acceptors (Lipinski definition) is 5. The van der Waals surface area contributed by atoms with E-state index in [-0.39, 0.29) is 29.9 Å². The first kappa shape index (κ1) is 29.1. The summed E-state index contributed by atoms with van der Waals surface area (Å²) in [6.07, 6.45) is 6.35. The fourth-order valence-electron chi connectivity index (χ4n) is 4.36. The van der Waals surface area contributed by atoms with E-state index in [1.807, 2.05) is 27.7 Å². The molecule has 0 aromatic carbocycles. The van der Waals surface area contributed by atoms with Crippen LogP contribution in [0.3, 0.4) is 0 Å². The summed E-state index contributed by atoms with van der Waals surface area (Å²) in [5, 5.41) is 3.11. The number of likely N-dealkylation sites (N-methyl/N-ethyl adjacent to an activating group) is 1. The van der Waals surface area contributed by atoms with Crippen LogP contribution in [0.25, 0.3) is 0 Å². The second-order valence-corrected chi connectivity index (χ2v) is 10.3. The van der Waals surface area contributed by atoms with Gasteiger partial charge in [-0.1, -0.05) is 47.1 Å². The van der Waals surface area contributed by atoms with Crippen molar-refractivity contribution >= 4 is 17.8 Å². The van der Waals surface area contributed by atoms with Gasteiger partial charge in [0.1, 0.15) is 6.04 Å². The molecule has 0 aliphatic carbocycles. The molecule has 1 aliphatic heterocycles. The Balaban J connectivity index is 3.09. The topological polar surface area (TPSA) is 79.0 Å². The number of carbonyl (C=O) groups is 3. The summed E-state index contributed by atoms with van der Waals surface area (Å²) in [4.78, 5) is 43.0. The van der Waals surface area contributed by atoms with Gasteiger partial charge in [0, 0.05) is 18.7 Å². The second-order valence-electron chi connectivity index (χ2n) is 10.3. The molecule has 1 fully saturated rings. The van der Waals surface area contributed by atoms with Crippen LogP contribution in [-0.2, 0) is 19.1 Å². The Kier molecular flexibility index (Phi) is 11.6. The highest BCUT2D eigenvalue weighted by atomic mass is 16.5. The summed E-state index contributed by atoms with van der Waals surface area (Å²) in [5.41, 5.74) is 0.0146. The SMILES string of the molecule is CCOC(=O)/C(C)=C/C(CC)N(C)C(=O)C(NC(=O)C1CCCCN1C(C)CC)C(C)(C)C. The quantitative estimate of drug-likeness (QED) is 0.391. The van der Waals surface area contributed by atoms with Gasteiger partial charge in [0.15, 0.2) is 0 Å². The van der Waals surface area contributed by atoms with E-state index in [1.165, 1.54) is 0 Å². The van der Waals surface area contributed by atoms with Crippen molar-refractivity contribution in [3.63, 3.8) is 0 Å². The van der Waals surface area contributed by atoms with Gasteiger partial charge in [0.25, 0.3) is 0 Å². The largest absolute Gasteiger partial charge is 0.463 e. The molecule has 7 heteroatoms. The van der Waals surface area contributed by atoms with Gasteiger partial charge in [-0.15, -0.1) is 0 Å². The van der Waals surface area contributed by atoms with Gasteiger partial charge in [-0.05, 0) is 58.4 Å². The number of carbonyl (C=O) groups excluding carboxylic acids is 3. The van der Waals surface area contributed by atoms with Crippen molar-refractivity contribution in [1.29, 1.82) is 0 Å². The van der Waals surface area contributed by atoms with E-state index < -0.39 is 11.5 Å². The van der Waals surface area contributed by atoms with Crippen LogP contribution in [-0.4, -0.2) is 72.0 Å². The molecular formula is C26H47N3O4. The number of hydrogen-bond donors (Lipinski definition) is 1. The summed E-state index contributed by atoms with van der Waals surface area (Å²) < 4.78 is 5.08. The first-order chi connectivity index (χ1) is 15.4. The summed E-state index contributed by atoms with van der Waals surface area (Å²) in [5.74, 6) is -0.593. The van der Waals surface area contributed by atoms with Crippen molar-refractivity contribution < 1.29 is 19.1 Å². The number of ether oxygens (including phenoxy) is 1. The molecular weight excluding hydrogens is 418 g/mol. The van der Waals surface area contributed by atoms with E-state index in [0.717, 1.165) is 32.2 Å². The molecule has 0 spiro atoms. The average Bonchev–Trinajstić information content (AvgIpc) is 2.78. The summed E-state index contributed by atoms with van der Waals surface area (Å²) >= 11 is 0. The Morgan fingerprint density at radius 1 is 1.15 bits per heavy atom. The summed E-state index contributed by atoms with van der Waals surface area (Å²) in [6, 6.07) is -0.812. The van der Waals surface area contributed by atoms with Gasteiger partial charge in [0.05, 0.1) is 18.7 Å². The van der Waals surface area contributed by atoms with E-state index in [2.05, 4.69) is 24.1 Å². The zero-order valence-corrected chi connectivity index (χ0v) is 22.4. The van der Waals surface area contributed by atoms with E-state index in [9.17, 15) is 14.4 Å². The molecule has 1 aliphatic rings. The molecule has 1 N–H and O–H groups in total. The van der Waals surface area contributed by atoms with Gasteiger partial charge in [-0.25, -0.2) is 4.79 Å². The lowest BCUT2D eigenvalue weighted by atomic mass is 9.85. The number of likely N-dealkylation sites (tertiary alicyclic amines) is 1. The van der Waals surface area contributed by atoms with Crippen LogP contribution in [0, 0.1) is 5.41 Å². The van der Waals surface area contributed by atoms with Crippen molar-refractivity contribution in [2.24, 2.45) is 5.41 Å². The van der Waals surface area contributed by atoms with E-state index in [4.69, 9.17) is 4.74 Å². The molecule has 0 radical (unpaired) electrons. The zero-order chi connectivity index (χ0) is 25.3. The highest BCUT2D eigenvalue weighted by molar-refractivity contribution is 5.91. The first-order valence-electron chi connectivity index (χ1n) is 12.6. The van der Waals surface area contributed by atoms with Crippen molar-refractivity contribution in [2.75, 3.05) is 20.2 Å². The summed E-state index contributed by atoms with van der Waals surface area (Å²) in [6.45, 7) is 16.9. The molecule has 0 saturated carbocycles. The van der Waals surface area contributed by atoms with E-state index >= 15 is 0 Å². The Bertz CT molecular complexity index is 698. The number of nitrogens with zero attached hydrogens (tertiary/aromatic N) is 2. The minimum atomic E-state index is -0.666. The Hall–Kier alpha value is -1.89. The van der Waals surface area contributed by atoms with E-state index in [1.54, 1.807) is 31.9 Å². The molecule has 1 heterocycles. The third-order valence-electron chi connectivity index (χ3n) is 6.71. The molecule has 4 atom stereocenters. The Labute approximate surface area is 201 Å². The van der Waals surface area contributed by atoms with Crippen LogP contribution in [0.4, 0.5) is 0 Å². The predicted octanol–water partition coefficient (Wildman–Crippen LogP) is 3.92. The molecule has 1 rings (SSSR count). The average molecular weight is 466 g/mol. The normalized spacial score (nSPS) is 20.5. The number of esters is 1. The monoisotopic (exact) mass is 465 g/mol. The molecule has 0 bridgehead atoms. The van der Waals surface area contributed by atoms with Crippen LogP contribution in [0.1, 0.15) is 87.5 Å². The standard InChI is InChI=1S/C26H47N3O4/c1-10-19(5)29-16-14-13-15-21(29)23(30)27-22(26(6,7)8)24(31)28(9)20(11-2)17-18(4)25(32)33-12-3/h17,19-22H,10-16H2,1-9H3,(H,27,30)/b18-17+. The second kappa shape index (κ2) is 13.1. The van der Waals surface area contributed by atoms with Crippen molar-refractivity contribution in [2.45, 2.75) is 112 Å². The van der Waals surface area contributed by atoms with Crippen molar-refractivity contribution in [1.82, 2.24) is 15.1 Å². The van der Waals surface area contributed by atoms with Gasteiger partial charge < -0.3 is 15.0 Å². The first-order valence-corrected chi connectivity index (χ1v) is 12.6. The predicted molar refractivity (Wildman–Crippen MR) is 133 cm³/mol. The molecule has 0 aromatic rings. The Morgan fingerprint density at radius 3 is 2.30 bits per heavy atom. The van der Waals surface area contributed by atoms with Crippen molar-refractivity contribution in [3.8, 4) is 0 Å². The molecule has 33 heavy (non-hydrogen) atoms. The lowest BCUT2D eigenvalue weighted by molar-refractivity contribution is -0.141. The van der Waals surface area contributed by atoms with Gasteiger partial charge in [0.2, 0.25) is 11.8 Å². The lowest BCUT2D eigenvalue weighted by Crippen LogP contribution is -2.60. The maximum absolute atomic E-state index is 13.6. The minimum Gasteiger partial charge on any atom is -0.463 e. The highest BCUT2D eigenvalue weighted by Gasteiger charge is 2.39. The highest BCUT2D eigenvalue weighted by Crippen LogP contribution is 2.25. The minimum absolute atomic E-state index is 0.0667. The molecule has 0 aromatic heterocycles. The third-order valence-corrected chi connectivity index (χ3v) is 6.71. The van der Waals surface area contributed by atoms with Gasteiger partial charge in [-0.2, -0.15) is 0 Å². The fraction of sp³-hybridized carbons (Fsp3) is 0.808. The maximum Gasteiger partial charge on any atom is 0.333 e. The molecule has 7 nitrogen and oxygen atoms in total. The van der Waals surface area contributed by atoms with Crippen LogP contribution in [0.15, 0.2) is 11.6 Å². The zero-order valence-electron chi connectivity index (χ0n) is 22.4. The van der Waals surface area contributed by atoms with Crippen LogP contribution in [0.5, 0.6) is 0 Å². The van der Waals surface area contributed by atoms with Crippen molar-refractivity contribution in [3.05, 3.63) is 11.6 Å². The van der Waals surface area contributed by atoms with Gasteiger partial charge in [-0.3, -0.25) is 14.5 Å². The maximum atomic E-state index is 13.6. The van der Waals surface area contributed by atoms with Crippen LogP contribution >= 0.6 is 0 Å². The number of piperidine rings is 1. The van der Waals surface area contributed by atoms with E-state index in [0.29, 0.717) is 24.6 Å². The Morgan fingerprint density at radius 2 is 1.79 bits per heavy atom.